The highest BCUT2D eigenvalue weighted by molar-refractivity contribution is 6.10. The van der Waals surface area contributed by atoms with E-state index < -0.39 is 0 Å². The maximum Gasteiger partial charge on any atom is 0.286 e. The molecule has 3 heterocycles. The number of amides is 2. The first-order valence-corrected chi connectivity index (χ1v) is 10.7. The van der Waals surface area contributed by atoms with E-state index in [0.29, 0.717) is 24.4 Å². The number of aromatic nitrogens is 1. The van der Waals surface area contributed by atoms with Crippen molar-refractivity contribution in [3.63, 3.8) is 0 Å². The van der Waals surface area contributed by atoms with Gasteiger partial charge in [0.2, 0.25) is 0 Å². The number of likely N-dealkylation sites (tertiary alicyclic amines) is 1. The predicted octanol–water partition coefficient (Wildman–Crippen LogP) is 4.21. The third-order valence-corrected chi connectivity index (χ3v) is 6.26. The molecule has 2 amide bonds. The van der Waals surface area contributed by atoms with Crippen LogP contribution in [0.1, 0.15) is 33.8 Å². The quantitative estimate of drug-likeness (QED) is 0.543. The number of nitrogens with one attached hydrogen (secondary N) is 1. The van der Waals surface area contributed by atoms with Crippen molar-refractivity contribution >= 4 is 33.6 Å². The van der Waals surface area contributed by atoms with E-state index >= 15 is 0 Å². The summed E-state index contributed by atoms with van der Waals surface area (Å²) in [6, 6.07) is 17.6. The van der Waals surface area contributed by atoms with Crippen LogP contribution in [0, 0.1) is 5.92 Å². The third kappa shape index (κ3) is 3.58. The average molecular weight is 415 g/mol. The Bertz CT molecular complexity index is 1260. The van der Waals surface area contributed by atoms with Gasteiger partial charge in [-0.15, -0.1) is 0 Å². The second kappa shape index (κ2) is 7.95. The molecule has 1 saturated heterocycles. The van der Waals surface area contributed by atoms with Gasteiger partial charge in [-0.05, 0) is 55.2 Å². The molecular formula is C25H25N3O3. The Morgan fingerprint density at radius 3 is 2.74 bits per heavy atom. The Labute approximate surface area is 180 Å². The molecule has 1 aliphatic heterocycles. The lowest BCUT2D eigenvalue weighted by Gasteiger charge is -2.33. The van der Waals surface area contributed by atoms with Crippen molar-refractivity contribution in [1.29, 1.82) is 0 Å². The highest BCUT2D eigenvalue weighted by atomic mass is 16.3. The van der Waals surface area contributed by atoms with Gasteiger partial charge in [0.15, 0.2) is 5.76 Å². The highest BCUT2D eigenvalue weighted by Crippen LogP contribution is 2.29. The number of rotatable bonds is 4. The van der Waals surface area contributed by atoms with Crippen molar-refractivity contribution in [2.75, 3.05) is 19.6 Å². The minimum absolute atomic E-state index is 0.0527. The molecule has 1 atom stereocenters. The van der Waals surface area contributed by atoms with E-state index in [4.69, 9.17) is 4.42 Å². The van der Waals surface area contributed by atoms with Crippen LogP contribution >= 0.6 is 0 Å². The molecule has 6 nitrogen and oxygen atoms in total. The summed E-state index contributed by atoms with van der Waals surface area (Å²) < 4.78 is 7.31. The van der Waals surface area contributed by atoms with E-state index in [1.165, 1.54) is 6.26 Å². The zero-order chi connectivity index (χ0) is 21.4. The minimum Gasteiger partial charge on any atom is -0.459 e. The number of piperidine rings is 1. The zero-order valence-corrected chi connectivity index (χ0v) is 17.5. The van der Waals surface area contributed by atoms with Crippen LogP contribution in [0.2, 0.25) is 0 Å². The molecule has 158 valence electrons. The van der Waals surface area contributed by atoms with Crippen molar-refractivity contribution < 1.29 is 14.0 Å². The molecule has 0 aliphatic carbocycles. The van der Waals surface area contributed by atoms with Gasteiger partial charge in [-0.3, -0.25) is 9.59 Å². The molecule has 2 aromatic carbocycles. The minimum atomic E-state index is -0.213. The van der Waals surface area contributed by atoms with Gasteiger partial charge in [0.25, 0.3) is 11.8 Å². The second-order valence-electron chi connectivity index (χ2n) is 8.25. The average Bonchev–Trinajstić information content (AvgIpc) is 3.45. The zero-order valence-electron chi connectivity index (χ0n) is 17.5. The number of aryl methyl sites for hydroxylation is 1. The summed E-state index contributed by atoms with van der Waals surface area (Å²) >= 11 is 0. The Morgan fingerprint density at radius 2 is 1.90 bits per heavy atom. The van der Waals surface area contributed by atoms with Gasteiger partial charge in [0, 0.05) is 54.1 Å². The van der Waals surface area contributed by atoms with Gasteiger partial charge >= 0.3 is 0 Å². The molecule has 1 fully saturated rings. The van der Waals surface area contributed by atoms with Gasteiger partial charge in [0.05, 0.1) is 6.26 Å². The number of furan rings is 1. The van der Waals surface area contributed by atoms with Gasteiger partial charge < -0.3 is 19.2 Å². The van der Waals surface area contributed by atoms with Gasteiger partial charge in [0.1, 0.15) is 0 Å². The van der Waals surface area contributed by atoms with Gasteiger partial charge in [-0.1, -0.05) is 18.2 Å². The lowest BCUT2D eigenvalue weighted by Crippen LogP contribution is -2.43. The van der Waals surface area contributed by atoms with Gasteiger partial charge in [-0.25, -0.2) is 0 Å². The molecule has 2 aromatic heterocycles. The van der Waals surface area contributed by atoms with Crippen LogP contribution in [0.3, 0.4) is 0 Å². The monoisotopic (exact) mass is 415 g/mol. The van der Waals surface area contributed by atoms with E-state index in [9.17, 15) is 9.59 Å². The smallest absolute Gasteiger partial charge is 0.286 e. The summed E-state index contributed by atoms with van der Waals surface area (Å²) in [5, 5.41) is 5.19. The summed E-state index contributed by atoms with van der Waals surface area (Å²) in [6.45, 7) is 1.92. The van der Waals surface area contributed by atoms with Crippen LogP contribution in [0.5, 0.6) is 0 Å². The summed E-state index contributed by atoms with van der Waals surface area (Å²) in [5.74, 6) is 0.386. The van der Waals surface area contributed by atoms with Crippen LogP contribution < -0.4 is 5.32 Å². The molecular weight excluding hydrogens is 390 g/mol. The fraction of sp³-hybridized carbons (Fsp3) is 0.280. The number of para-hydroxylation sites is 1. The molecule has 4 aromatic rings. The highest BCUT2D eigenvalue weighted by Gasteiger charge is 2.25. The molecule has 1 N–H and O–H groups in total. The SMILES string of the molecule is Cn1c2ccccc2c2cc(C(=O)N3CCC[C@@H](CNC(=O)c4ccco4)C3)ccc21. The van der Waals surface area contributed by atoms with Crippen LogP contribution in [-0.2, 0) is 7.05 Å². The Hall–Kier alpha value is -3.54. The molecule has 0 radical (unpaired) electrons. The van der Waals surface area contributed by atoms with E-state index in [1.54, 1.807) is 12.1 Å². The first kappa shape index (κ1) is 19.4. The van der Waals surface area contributed by atoms with Crippen LogP contribution in [0.15, 0.2) is 65.3 Å². The van der Waals surface area contributed by atoms with Crippen molar-refractivity contribution in [2.45, 2.75) is 12.8 Å². The fourth-order valence-electron chi connectivity index (χ4n) is 4.63. The maximum absolute atomic E-state index is 13.3. The third-order valence-electron chi connectivity index (χ3n) is 6.26. The van der Waals surface area contributed by atoms with E-state index in [-0.39, 0.29) is 17.7 Å². The molecule has 31 heavy (non-hydrogen) atoms. The van der Waals surface area contributed by atoms with Crippen LogP contribution in [0.25, 0.3) is 21.8 Å². The lowest BCUT2D eigenvalue weighted by atomic mass is 9.97. The number of fused-ring (bicyclic) bond motifs is 3. The Balaban J connectivity index is 1.32. The number of benzene rings is 2. The summed E-state index contributed by atoms with van der Waals surface area (Å²) in [5.41, 5.74) is 2.99. The normalized spacial score (nSPS) is 16.7. The Kier molecular flexibility index (Phi) is 4.98. The molecule has 0 spiro atoms. The van der Waals surface area contributed by atoms with Crippen molar-refractivity contribution in [3.05, 3.63) is 72.2 Å². The topological polar surface area (TPSA) is 67.5 Å². The van der Waals surface area contributed by atoms with Crippen molar-refractivity contribution in [1.82, 2.24) is 14.8 Å². The predicted molar refractivity (Wildman–Crippen MR) is 120 cm³/mol. The molecule has 6 heteroatoms. The number of hydrogen-bond donors (Lipinski definition) is 1. The maximum atomic E-state index is 13.3. The first-order valence-electron chi connectivity index (χ1n) is 10.7. The first-order chi connectivity index (χ1) is 15.1. The number of hydrogen-bond acceptors (Lipinski definition) is 3. The number of nitrogens with zero attached hydrogens (tertiary/aromatic N) is 2. The van der Waals surface area contributed by atoms with E-state index in [0.717, 1.165) is 41.2 Å². The molecule has 0 unspecified atom stereocenters. The summed E-state index contributed by atoms with van der Waals surface area (Å²) in [4.78, 5) is 27.3. The van der Waals surface area contributed by atoms with Crippen LogP contribution in [-0.4, -0.2) is 40.9 Å². The molecule has 0 bridgehead atoms. The largest absolute Gasteiger partial charge is 0.459 e. The van der Waals surface area contributed by atoms with Crippen molar-refractivity contribution in [2.24, 2.45) is 13.0 Å². The van der Waals surface area contributed by atoms with E-state index in [1.807, 2.05) is 35.2 Å². The van der Waals surface area contributed by atoms with Gasteiger partial charge in [-0.2, -0.15) is 0 Å². The number of carbonyl (C=O) groups excluding carboxylic acids is 2. The second-order valence-corrected chi connectivity index (χ2v) is 8.25. The molecule has 0 saturated carbocycles. The van der Waals surface area contributed by atoms with Crippen LogP contribution in [0.4, 0.5) is 0 Å². The summed E-state index contributed by atoms with van der Waals surface area (Å²) in [7, 11) is 2.05. The number of carbonyl (C=O) groups is 2. The lowest BCUT2D eigenvalue weighted by molar-refractivity contribution is 0.0670. The molecule has 1 aliphatic rings. The fourth-order valence-corrected chi connectivity index (χ4v) is 4.63. The van der Waals surface area contributed by atoms with E-state index in [2.05, 4.69) is 29.1 Å². The van der Waals surface area contributed by atoms with Crippen molar-refractivity contribution in [3.8, 4) is 0 Å². The Morgan fingerprint density at radius 1 is 1.06 bits per heavy atom. The summed E-state index contributed by atoms with van der Waals surface area (Å²) in [6.07, 6.45) is 3.41. The molecule has 5 rings (SSSR count). The standard InChI is InChI=1S/C25H25N3O3/c1-27-21-8-3-2-7-19(21)20-14-18(10-11-22(20)27)25(30)28-12-4-6-17(16-28)15-26-24(29)23-9-5-13-31-23/h2-3,5,7-11,13-14,17H,4,6,12,15-16H2,1H3,(H,26,29)/t17-/m0/s1.